The number of aliphatic hydroxyl groups is 1. The average Bonchev–Trinajstić information content (AvgIpc) is 2.93. The summed E-state index contributed by atoms with van der Waals surface area (Å²) in [5, 5.41) is 10.5. The monoisotopic (exact) mass is 428 g/mol. The predicted molar refractivity (Wildman–Crippen MR) is 114 cm³/mol. The van der Waals surface area contributed by atoms with Crippen LogP contribution < -0.4 is 0 Å². The minimum absolute atomic E-state index is 0. The number of aliphatic hydroxyl groups excluding tert-OH is 1. The summed E-state index contributed by atoms with van der Waals surface area (Å²) < 4.78 is 0. The van der Waals surface area contributed by atoms with Crippen molar-refractivity contribution in [3.8, 4) is 0 Å². The molecule has 0 radical (unpaired) electrons. The number of benzene rings is 2. The molecule has 0 spiro atoms. The fourth-order valence-corrected chi connectivity index (χ4v) is 2.61. The molecule has 0 amide bonds. The zero-order chi connectivity index (χ0) is 16.8. The quantitative estimate of drug-likeness (QED) is 0.540. The third-order valence-corrected chi connectivity index (χ3v) is 3.50. The van der Waals surface area contributed by atoms with Crippen molar-refractivity contribution in [3.63, 3.8) is 0 Å². The Morgan fingerprint density at radius 1 is 1.08 bits per heavy atom. The van der Waals surface area contributed by atoms with E-state index in [4.69, 9.17) is 5.11 Å². The Morgan fingerprint density at radius 2 is 1.69 bits per heavy atom. The van der Waals surface area contributed by atoms with Gasteiger partial charge in [0.05, 0.1) is 0 Å². The minimum Gasteiger partial charge on any atom is -0.394 e. The molecule has 1 N–H and O–H groups in total. The maximum Gasteiger partial charge on any atom is 0.0483 e. The summed E-state index contributed by atoms with van der Waals surface area (Å²) in [6, 6.07) is 16.4. The average molecular weight is 429 g/mol. The van der Waals surface area contributed by atoms with Crippen molar-refractivity contribution in [1.82, 2.24) is 4.90 Å². The number of allylic oxidation sites excluding steroid dienone is 2. The molecule has 3 rings (SSSR count). The molecule has 0 saturated heterocycles. The summed E-state index contributed by atoms with van der Waals surface area (Å²) in [5.74, 6) is 0. The molecule has 1 aliphatic rings. The van der Waals surface area contributed by atoms with Gasteiger partial charge < -0.3 is 10.0 Å². The van der Waals surface area contributed by atoms with Crippen LogP contribution in [0.5, 0.6) is 0 Å². The molecule has 142 valence electrons. The van der Waals surface area contributed by atoms with Crippen LogP contribution in [0.4, 0.5) is 0 Å². The molecule has 0 bridgehead atoms. The Balaban J connectivity index is 0. The molecule has 26 heavy (non-hydrogen) atoms. The number of hydrogen-bond donors (Lipinski definition) is 1. The Kier molecular flexibility index (Phi) is 14.4. The van der Waals surface area contributed by atoms with E-state index in [0.717, 1.165) is 13.0 Å². The molecule has 0 saturated carbocycles. The molecule has 0 fully saturated rings. The third kappa shape index (κ3) is 8.39. The summed E-state index contributed by atoms with van der Waals surface area (Å²) in [5.41, 5.74) is 4.07. The summed E-state index contributed by atoms with van der Waals surface area (Å²) in [4.78, 5) is 2.21. The number of likely N-dealkylation sites (N-methyl/N-ethyl adjacent to an activating group) is 1. The van der Waals surface area contributed by atoms with Crippen LogP contribution in [0.1, 0.15) is 25.8 Å². The van der Waals surface area contributed by atoms with Gasteiger partial charge in [-0.25, -0.2) is 0 Å². The van der Waals surface area contributed by atoms with Gasteiger partial charge in [-0.15, -0.1) is 60.0 Å². The van der Waals surface area contributed by atoms with E-state index in [0.29, 0.717) is 0 Å². The Hall–Kier alpha value is -0.606. The number of hydrogen-bond acceptors (Lipinski definition) is 2. The van der Waals surface area contributed by atoms with Crippen LogP contribution in [0.3, 0.4) is 0 Å². The van der Waals surface area contributed by atoms with E-state index in [1.807, 2.05) is 0 Å². The van der Waals surface area contributed by atoms with Gasteiger partial charge >= 0.3 is 0 Å². The Bertz CT molecular complexity index is 724. The molecule has 0 aliphatic heterocycles. The topological polar surface area (TPSA) is 23.5 Å². The van der Waals surface area contributed by atoms with E-state index in [-0.39, 0.29) is 52.6 Å². The van der Waals surface area contributed by atoms with E-state index in [1.54, 1.807) is 13.8 Å². The van der Waals surface area contributed by atoms with Gasteiger partial charge in [-0.2, -0.15) is 0 Å². The van der Waals surface area contributed by atoms with Gasteiger partial charge in [0.1, 0.15) is 0 Å². The maximum atomic E-state index is 8.06. The number of rotatable bonds is 3. The van der Waals surface area contributed by atoms with Gasteiger partial charge in [0.2, 0.25) is 0 Å². The predicted octanol–water partition coefficient (Wildman–Crippen LogP) is 5.14. The van der Waals surface area contributed by atoms with E-state index in [2.05, 4.69) is 73.6 Å². The van der Waals surface area contributed by atoms with E-state index in [1.165, 1.54) is 27.5 Å². The van der Waals surface area contributed by atoms with Crippen molar-refractivity contribution >= 4 is 41.2 Å². The first-order chi connectivity index (χ1) is 11.0. The van der Waals surface area contributed by atoms with Crippen molar-refractivity contribution in [2.75, 3.05) is 20.6 Å². The second-order valence-corrected chi connectivity index (χ2v) is 6.40. The Morgan fingerprint density at radius 3 is 2.31 bits per heavy atom. The molecule has 2 aromatic carbocycles. The normalized spacial score (nSPS) is 12.3. The Labute approximate surface area is 185 Å². The van der Waals surface area contributed by atoms with Crippen LogP contribution >= 0.6 is 24.8 Å². The van der Waals surface area contributed by atoms with Crippen molar-refractivity contribution in [2.24, 2.45) is 0 Å². The SMILES string of the molecule is CC(C)O.CN(C)CC1=C(c2[c-]c3ccccc3cc2)CC=C1.Cl.Cl.[Ti]. The summed E-state index contributed by atoms with van der Waals surface area (Å²) in [6.45, 7) is 4.44. The van der Waals surface area contributed by atoms with Crippen LogP contribution in [0.2, 0.25) is 0 Å². The first kappa shape index (κ1) is 27.6. The molecular formula is C21H28Cl2NOTi-. The van der Waals surface area contributed by atoms with Gasteiger partial charge in [-0.3, -0.25) is 0 Å². The summed E-state index contributed by atoms with van der Waals surface area (Å²) in [6.07, 6.45) is 5.35. The van der Waals surface area contributed by atoms with Crippen LogP contribution in [0.15, 0.2) is 54.1 Å². The fraction of sp³-hybridized carbons (Fsp3) is 0.333. The first-order valence-electron chi connectivity index (χ1n) is 8.10. The van der Waals surface area contributed by atoms with Crippen molar-refractivity contribution in [2.45, 2.75) is 26.4 Å². The van der Waals surface area contributed by atoms with Crippen molar-refractivity contribution in [3.05, 3.63) is 65.8 Å². The number of fused-ring (bicyclic) bond motifs is 1. The van der Waals surface area contributed by atoms with E-state index in [9.17, 15) is 0 Å². The number of halogens is 2. The molecule has 2 nitrogen and oxygen atoms in total. The smallest absolute Gasteiger partial charge is 0.0483 e. The van der Waals surface area contributed by atoms with Crippen LogP contribution in [0, 0.1) is 6.07 Å². The minimum atomic E-state index is -0.167. The zero-order valence-electron chi connectivity index (χ0n) is 15.8. The van der Waals surface area contributed by atoms with Gasteiger partial charge in [0.15, 0.2) is 0 Å². The second kappa shape index (κ2) is 13.5. The molecular weight excluding hydrogens is 401 g/mol. The largest absolute Gasteiger partial charge is 0.394 e. The zero-order valence-corrected chi connectivity index (χ0v) is 19.0. The van der Waals surface area contributed by atoms with Gasteiger partial charge in [0, 0.05) is 34.4 Å². The third-order valence-electron chi connectivity index (χ3n) is 3.50. The molecule has 0 unspecified atom stereocenters. The molecule has 1 aliphatic carbocycles. The van der Waals surface area contributed by atoms with E-state index >= 15 is 0 Å². The van der Waals surface area contributed by atoms with Crippen LogP contribution in [-0.4, -0.2) is 36.8 Å². The number of nitrogens with zero attached hydrogens (tertiary/aromatic N) is 1. The van der Waals surface area contributed by atoms with Crippen molar-refractivity contribution < 1.29 is 26.8 Å². The first-order valence-corrected chi connectivity index (χ1v) is 8.10. The molecule has 5 heteroatoms. The molecule has 2 aromatic rings. The van der Waals surface area contributed by atoms with E-state index < -0.39 is 0 Å². The summed E-state index contributed by atoms with van der Waals surface area (Å²) >= 11 is 0. The van der Waals surface area contributed by atoms with Gasteiger partial charge in [-0.1, -0.05) is 46.9 Å². The van der Waals surface area contributed by atoms with Gasteiger partial charge in [-0.05, 0) is 34.4 Å². The van der Waals surface area contributed by atoms with Crippen LogP contribution in [-0.2, 0) is 21.7 Å². The second-order valence-electron chi connectivity index (χ2n) is 6.40. The van der Waals surface area contributed by atoms with Crippen LogP contribution in [0.25, 0.3) is 16.3 Å². The molecule has 0 heterocycles. The standard InChI is InChI=1S/C18H18N.C3H8O.2ClH.Ti/c1-19(2)13-17-8-5-9-18(17)16-11-10-14-6-3-4-7-15(14)12-16;1-3(2)4;;;/h3-8,10-11H,9,13H2,1-2H3;3-4H,1-2H3;2*1H;/q-1;;;;. The molecule has 0 atom stereocenters. The summed E-state index contributed by atoms with van der Waals surface area (Å²) in [7, 11) is 4.22. The molecule has 0 aromatic heterocycles. The maximum absolute atomic E-state index is 8.06. The van der Waals surface area contributed by atoms with Gasteiger partial charge in [0.25, 0.3) is 0 Å². The van der Waals surface area contributed by atoms with Crippen molar-refractivity contribution in [1.29, 1.82) is 0 Å². The fourth-order valence-electron chi connectivity index (χ4n) is 2.61.